The predicted molar refractivity (Wildman–Crippen MR) is 79.7 cm³/mol. The van der Waals surface area contributed by atoms with Gasteiger partial charge in [-0.25, -0.2) is 0 Å². The largest absolute Gasteiger partial charge is 0.321 e. The SMILES string of the molecule is Cc1ccncc1NC(=O)/C=C\c1ccccc1[N+](=O)[O-]. The molecule has 1 amide bonds. The summed E-state index contributed by atoms with van der Waals surface area (Å²) in [5, 5.41) is 13.5. The zero-order valence-electron chi connectivity index (χ0n) is 11.3. The molecule has 1 N–H and O–H groups in total. The fraction of sp³-hybridized carbons (Fsp3) is 0.0667. The number of carbonyl (C=O) groups is 1. The van der Waals surface area contributed by atoms with Gasteiger partial charge in [-0.05, 0) is 30.7 Å². The number of rotatable bonds is 4. The molecule has 0 fully saturated rings. The van der Waals surface area contributed by atoms with Crippen molar-refractivity contribution in [3.05, 3.63) is 70.0 Å². The van der Waals surface area contributed by atoms with Crippen molar-refractivity contribution in [3.63, 3.8) is 0 Å². The topological polar surface area (TPSA) is 85.1 Å². The van der Waals surface area contributed by atoms with E-state index in [9.17, 15) is 14.9 Å². The summed E-state index contributed by atoms with van der Waals surface area (Å²) in [6, 6.07) is 8.01. The minimum atomic E-state index is -0.483. The Kier molecular flexibility index (Phi) is 4.40. The maximum atomic E-state index is 11.8. The van der Waals surface area contributed by atoms with Crippen LogP contribution >= 0.6 is 0 Å². The second-order valence-corrected chi connectivity index (χ2v) is 4.33. The number of nitro benzene ring substituents is 1. The lowest BCUT2D eigenvalue weighted by Crippen LogP contribution is -2.09. The summed E-state index contributed by atoms with van der Waals surface area (Å²) in [5.74, 6) is -0.371. The number of hydrogen-bond acceptors (Lipinski definition) is 4. The van der Waals surface area contributed by atoms with E-state index in [1.54, 1.807) is 36.7 Å². The molecule has 1 aromatic carbocycles. The van der Waals surface area contributed by atoms with Crippen LogP contribution in [0.2, 0.25) is 0 Å². The van der Waals surface area contributed by atoms with E-state index in [1.807, 2.05) is 6.92 Å². The van der Waals surface area contributed by atoms with Crippen LogP contribution in [-0.2, 0) is 4.79 Å². The van der Waals surface area contributed by atoms with Gasteiger partial charge in [0, 0.05) is 18.3 Å². The van der Waals surface area contributed by atoms with Crippen molar-refractivity contribution in [1.29, 1.82) is 0 Å². The van der Waals surface area contributed by atoms with Gasteiger partial charge in [-0.3, -0.25) is 19.9 Å². The predicted octanol–water partition coefficient (Wildman–Crippen LogP) is 2.95. The van der Waals surface area contributed by atoms with Crippen molar-refractivity contribution in [2.75, 3.05) is 5.32 Å². The Morgan fingerprint density at radius 1 is 1.33 bits per heavy atom. The normalized spacial score (nSPS) is 10.5. The molecule has 6 nitrogen and oxygen atoms in total. The lowest BCUT2D eigenvalue weighted by Gasteiger charge is -2.04. The number of pyridine rings is 1. The van der Waals surface area contributed by atoms with Crippen LogP contribution < -0.4 is 5.32 Å². The van der Waals surface area contributed by atoms with Gasteiger partial charge in [0.15, 0.2) is 0 Å². The summed E-state index contributed by atoms with van der Waals surface area (Å²) in [6.45, 7) is 1.85. The van der Waals surface area contributed by atoms with Crippen molar-refractivity contribution in [3.8, 4) is 0 Å². The molecule has 0 saturated heterocycles. The molecule has 0 radical (unpaired) electrons. The molecule has 0 aliphatic carbocycles. The number of amides is 1. The molecule has 1 heterocycles. The van der Waals surface area contributed by atoms with Crippen LogP contribution in [0.15, 0.2) is 48.8 Å². The van der Waals surface area contributed by atoms with Crippen molar-refractivity contribution < 1.29 is 9.72 Å². The highest BCUT2D eigenvalue weighted by atomic mass is 16.6. The van der Waals surface area contributed by atoms with Crippen LogP contribution in [0.4, 0.5) is 11.4 Å². The van der Waals surface area contributed by atoms with E-state index in [-0.39, 0.29) is 11.6 Å². The van der Waals surface area contributed by atoms with Gasteiger partial charge in [-0.15, -0.1) is 0 Å². The molecule has 0 atom stereocenters. The molecule has 0 saturated carbocycles. The second-order valence-electron chi connectivity index (χ2n) is 4.33. The summed E-state index contributed by atoms with van der Waals surface area (Å²) in [4.78, 5) is 26.1. The van der Waals surface area contributed by atoms with Crippen molar-refractivity contribution >= 4 is 23.4 Å². The number of para-hydroxylation sites is 1. The molecule has 21 heavy (non-hydrogen) atoms. The van der Waals surface area contributed by atoms with E-state index in [0.717, 1.165) is 5.56 Å². The van der Waals surface area contributed by atoms with Crippen molar-refractivity contribution in [2.24, 2.45) is 0 Å². The standard InChI is InChI=1S/C15H13N3O3/c1-11-8-9-16-10-13(11)17-15(19)7-6-12-4-2-3-5-14(12)18(20)21/h2-10H,1H3,(H,17,19)/b7-6-. The van der Waals surface area contributed by atoms with Crippen molar-refractivity contribution in [2.45, 2.75) is 6.92 Å². The molecule has 6 heteroatoms. The Balaban J connectivity index is 2.13. The quantitative estimate of drug-likeness (QED) is 0.531. The number of benzene rings is 1. The first-order chi connectivity index (χ1) is 10.1. The first-order valence-corrected chi connectivity index (χ1v) is 6.21. The number of carbonyl (C=O) groups excluding carboxylic acids is 1. The average molecular weight is 283 g/mol. The maximum Gasteiger partial charge on any atom is 0.276 e. The van der Waals surface area contributed by atoms with E-state index in [0.29, 0.717) is 11.3 Å². The number of nitrogens with one attached hydrogen (secondary N) is 1. The van der Waals surface area contributed by atoms with Gasteiger partial charge in [-0.2, -0.15) is 0 Å². The Morgan fingerprint density at radius 3 is 2.81 bits per heavy atom. The average Bonchev–Trinajstić information content (AvgIpc) is 2.48. The van der Waals surface area contributed by atoms with Crippen LogP contribution in [0.1, 0.15) is 11.1 Å². The number of aromatic nitrogens is 1. The van der Waals surface area contributed by atoms with Crippen LogP contribution in [0.3, 0.4) is 0 Å². The summed E-state index contributed by atoms with van der Waals surface area (Å²) in [5.41, 5.74) is 1.83. The van der Waals surface area contributed by atoms with Gasteiger partial charge >= 0.3 is 0 Å². The Hall–Kier alpha value is -3.02. The van der Waals surface area contributed by atoms with E-state index in [1.165, 1.54) is 18.2 Å². The van der Waals surface area contributed by atoms with E-state index in [4.69, 9.17) is 0 Å². The molecule has 2 rings (SSSR count). The summed E-state index contributed by atoms with van der Waals surface area (Å²) < 4.78 is 0. The Labute approximate surface area is 121 Å². The Morgan fingerprint density at radius 2 is 2.10 bits per heavy atom. The zero-order chi connectivity index (χ0) is 15.2. The van der Waals surface area contributed by atoms with E-state index in [2.05, 4.69) is 10.3 Å². The number of nitro groups is 1. The number of aryl methyl sites for hydroxylation is 1. The maximum absolute atomic E-state index is 11.8. The fourth-order valence-corrected chi connectivity index (χ4v) is 1.73. The zero-order valence-corrected chi connectivity index (χ0v) is 11.3. The lowest BCUT2D eigenvalue weighted by atomic mass is 10.1. The van der Waals surface area contributed by atoms with Gasteiger partial charge in [0.1, 0.15) is 0 Å². The number of anilines is 1. The molecule has 0 aliphatic heterocycles. The van der Waals surface area contributed by atoms with Gasteiger partial charge in [0.25, 0.3) is 5.69 Å². The minimum absolute atomic E-state index is 0.0425. The summed E-state index contributed by atoms with van der Waals surface area (Å²) in [6.07, 6.45) is 5.86. The van der Waals surface area contributed by atoms with Crippen LogP contribution in [0, 0.1) is 17.0 Å². The highest BCUT2D eigenvalue weighted by Gasteiger charge is 2.09. The third-order valence-electron chi connectivity index (χ3n) is 2.84. The summed E-state index contributed by atoms with van der Waals surface area (Å²) in [7, 11) is 0. The molecule has 1 aromatic heterocycles. The van der Waals surface area contributed by atoms with Crippen molar-refractivity contribution in [1.82, 2.24) is 4.98 Å². The number of nitrogens with zero attached hydrogens (tertiary/aromatic N) is 2. The molecule has 0 spiro atoms. The molecule has 0 aliphatic rings. The van der Waals surface area contributed by atoms with Gasteiger partial charge in [0.05, 0.1) is 22.4 Å². The first kappa shape index (κ1) is 14.4. The van der Waals surface area contributed by atoms with Gasteiger partial charge in [0.2, 0.25) is 5.91 Å². The van der Waals surface area contributed by atoms with Gasteiger partial charge in [-0.1, -0.05) is 12.1 Å². The monoisotopic (exact) mass is 283 g/mol. The highest BCUT2D eigenvalue weighted by molar-refractivity contribution is 6.02. The third kappa shape index (κ3) is 3.73. The molecule has 106 valence electrons. The Bertz CT molecular complexity index is 711. The van der Waals surface area contributed by atoms with Gasteiger partial charge < -0.3 is 5.32 Å². The van der Waals surface area contributed by atoms with E-state index >= 15 is 0 Å². The molecular weight excluding hydrogens is 270 g/mol. The molecule has 2 aromatic rings. The lowest BCUT2D eigenvalue weighted by molar-refractivity contribution is -0.385. The number of hydrogen-bond donors (Lipinski definition) is 1. The third-order valence-corrected chi connectivity index (χ3v) is 2.84. The second kappa shape index (κ2) is 6.42. The minimum Gasteiger partial charge on any atom is -0.321 e. The summed E-state index contributed by atoms with van der Waals surface area (Å²) >= 11 is 0. The van der Waals surface area contributed by atoms with Crippen LogP contribution in [0.5, 0.6) is 0 Å². The molecule has 0 bridgehead atoms. The van der Waals surface area contributed by atoms with E-state index < -0.39 is 4.92 Å². The van der Waals surface area contributed by atoms with Crippen LogP contribution in [-0.4, -0.2) is 15.8 Å². The highest BCUT2D eigenvalue weighted by Crippen LogP contribution is 2.19. The fourth-order valence-electron chi connectivity index (χ4n) is 1.73. The smallest absolute Gasteiger partial charge is 0.276 e. The van der Waals surface area contributed by atoms with Crippen LogP contribution in [0.25, 0.3) is 6.08 Å². The molecular formula is C15H13N3O3. The molecule has 0 unspecified atom stereocenters. The first-order valence-electron chi connectivity index (χ1n) is 6.21.